The van der Waals surface area contributed by atoms with Crippen LogP contribution in [0.15, 0.2) is 60.7 Å². The van der Waals surface area contributed by atoms with E-state index in [4.69, 9.17) is 0 Å². The number of benzene rings is 2. The van der Waals surface area contributed by atoms with E-state index in [-0.39, 0.29) is 17.9 Å². The number of nitrogens with zero attached hydrogens (tertiary/aromatic N) is 3. The summed E-state index contributed by atoms with van der Waals surface area (Å²) in [6.45, 7) is 7.68. The molecule has 3 aliphatic rings. The summed E-state index contributed by atoms with van der Waals surface area (Å²) in [5.41, 5.74) is 2.56. The van der Waals surface area contributed by atoms with E-state index in [2.05, 4.69) is 64.1 Å². The molecule has 6 heteroatoms. The molecule has 5 rings (SSSR count). The normalized spacial score (nSPS) is 23.5. The summed E-state index contributed by atoms with van der Waals surface area (Å²) in [6.07, 6.45) is 10.0. The number of hydrogen-bond acceptors (Lipinski definition) is 4. The van der Waals surface area contributed by atoms with E-state index < -0.39 is 5.97 Å². The summed E-state index contributed by atoms with van der Waals surface area (Å²) in [7, 11) is 0. The minimum absolute atomic E-state index is 0.270. The van der Waals surface area contributed by atoms with Crippen LogP contribution in [0.4, 0.5) is 0 Å². The highest BCUT2D eigenvalue weighted by Gasteiger charge is 2.43. The molecule has 3 unspecified atom stereocenters. The van der Waals surface area contributed by atoms with Gasteiger partial charge >= 0.3 is 5.97 Å². The standard InChI is InChI=1S/C36H51N3O3/c1-2-22-39(34(40)19-18-28-12-6-3-7-13-28)32-20-23-37(24-21-32)25-31-26-38(27-33(31)29-14-8-4-9-15-29)35(36(41)42)30-16-10-5-11-17-30/h3-4,6-9,12-15,30-33,35H,2,5,10-11,16-27H2,1H3,(H,41,42). The number of carboxylic acid groups (broad SMARTS) is 1. The number of hydrogen-bond donors (Lipinski definition) is 1. The fraction of sp³-hybridized carbons (Fsp3) is 0.611. The van der Waals surface area contributed by atoms with Gasteiger partial charge in [0.25, 0.3) is 0 Å². The largest absolute Gasteiger partial charge is 0.480 e. The first-order chi connectivity index (χ1) is 20.5. The number of carbonyl (C=O) groups excluding carboxylic acids is 1. The molecule has 2 aromatic rings. The first-order valence-corrected chi connectivity index (χ1v) is 16.6. The van der Waals surface area contributed by atoms with Crippen LogP contribution in [-0.4, -0.2) is 83.0 Å². The first kappa shape index (κ1) is 30.7. The zero-order valence-electron chi connectivity index (χ0n) is 25.6. The Morgan fingerprint density at radius 1 is 0.905 bits per heavy atom. The van der Waals surface area contributed by atoms with Gasteiger partial charge in [0.1, 0.15) is 6.04 Å². The molecule has 228 valence electrons. The van der Waals surface area contributed by atoms with Crippen LogP contribution < -0.4 is 0 Å². The van der Waals surface area contributed by atoms with Gasteiger partial charge in [0.2, 0.25) is 5.91 Å². The summed E-state index contributed by atoms with van der Waals surface area (Å²) in [4.78, 5) is 33.0. The van der Waals surface area contributed by atoms with Gasteiger partial charge in [-0.1, -0.05) is 86.8 Å². The van der Waals surface area contributed by atoms with Gasteiger partial charge in [-0.2, -0.15) is 0 Å². The highest BCUT2D eigenvalue weighted by Crippen LogP contribution is 2.38. The van der Waals surface area contributed by atoms with Crippen molar-refractivity contribution in [3.63, 3.8) is 0 Å². The molecule has 1 saturated carbocycles. The van der Waals surface area contributed by atoms with Gasteiger partial charge in [-0.15, -0.1) is 0 Å². The topological polar surface area (TPSA) is 64.1 Å². The van der Waals surface area contributed by atoms with Crippen molar-refractivity contribution in [3.05, 3.63) is 71.8 Å². The summed E-state index contributed by atoms with van der Waals surface area (Å²) in [5, 5.41) is 10.3. The zero-order valence-corrected chi connectivity index (χ0v) is 25.6. The Bertz CT molecular complexity index is 1110. The average Bonchev–Trinajstić information content (AvgIpc) is 3.43. The lowest BCUT2D eigenvalue weighted by Crippen LogP contribution is -2.49. The molecule has 1 N–H and O–H groups in total. The average molecular weight is 574 g/mol. The molecule has 3 atom stereocenters. The van der Waals surface area contributed by atoms with Crippen LogP contribution in [0.3, 0.4) is 0 Å². The van der Waals surface area contributed by atoms with Gasteiger partial charge in [-0.25, -0.2) is 0 Å². The van der Waals surface area contributed by atoms with Crippen LogP contribution in [0, 0.1) is 11.8 Å². The molecule has 2 heterocycles. The lowest BCUT2D eigenvalue weighted by molar-refractivity contribution is -0.145. The Hall–Kier alpha value is -2.70. The SMILES string of the molecule is CCCN(C(=O)CCc1ccccc1)C1CCN(CC2CN(C(C(=O)O)C3CCCCC3)CC2c2ccccc2)CC1. The molecule has 2 aromatic carbocycles. The van der Waals surface area contributed by atoms with Crippen molar-refractivity contribution in [1.82, 2.24) is 14.7 Å². The van der Waals surface area contributed by atoms with Gasteiger partial charge in [0, 0.05) is 57.6 Å². The maximum absolute atomic E-state index is 13.3. The Morgan fingerprint density at radius 2 is 1.57 bits per heavy atom. The molecule has 0 bridgehead atoms. The second-order valence-corrected chi connectivity index (χ2v) is 13.0. The summed E-state index contributed by atoms with van der Waals surface area (Å²) in [6, 6.07) is 21.0. The summed E-state index contributed by atoms with van der Waals surface area (Å²) < 4.78 is 0. The highest BCUT2D eigenvalue weighted by atomic mass is 16.4. The monoisotopic (exact) mass is 573 g/mol. The number of likely N-dealkylation sites (tertiary alicyclic amines) is 2. The van der Waals surface area contributed by atoms with E-state index in [1.165, 1.54) is 17.5 Å². The van der Waals surface area contributed by atoms with E-state index >= 15 is 0 Å². The third kappa shape index (κ3) is 7.82. The first-order valence-electron chi connectivity index (χ1n) is 16.6. The fourth-order valence-corrected chi connectivity index (χ4v) is 8.04. The van der Waals surface area contributed by atoms with Crippen LogP contribution in [0.2, 0.25) is 0 Å². The lowest BCUT2D eigenvalue weighted by atomic mass is 9.83. The number of amides is 1. The highest BCUT2D eigenvalue weighted by molar-refractivity contribution is 5.77. The van der Waals surface area contributed by atoms with Crippen LogP contribution in [0.25, 0.3) is 0 Å². The lowest BCUT2D eigenvalue weighted by Gasteiger charge is -2.40. The molecular formula is C36H51N3O3. The number of aryl methyl sites for hydroxylation is 1. The van der Waals surface area contributed by atoms with E-state index in [1.807, 2.05) is 18.2 Å². The molecule has 2 aliphatic heterocycles. The molecule has 42 heavy (non-hydrogen) atoms. The molecule has 3 fully saturated rings. The number of piperidine rings is 1. The predicted octanol–water partition coefficient (Wildman–Crippen LogP) is 6.07. The third-order valence-corrected chi connectivity index (χ3v) is 10.2. The Labute approximate surface area is 253 Å². The van der Waals surface area contributed by atoms with Gasteiger partial charge < -0.3 is 14.9 Å². The zero-order chi connectivity index (χ0) is 29.3. The molecule has 0 aromatic heterocycles. The molecule has 2 saturated heterocycles. The Morgan fingerprint density at radius 3 is 2.21 bits per heavy atom. The number of rotatable bonds is 12. The van der Waals surface area contributed by atoms with E-state index in [9.17, 15) is 14.7 Å². The van der Waals surface area contributed by atoms with Crippen molar-refractivity contribution in [2.24, 2.45) is 11.8 Å². The molecular weight excluding hydrogens is 522 g/mol. The molecule has 6 nitrogen and oxygen atoms in total. The van der Waals surface area contributed by atoms with Gasteiger partial charge in [-0.05, 0) is 61.5 Å². The number of carbonyl (C=O) groups is 2. The second-order valence-electron chi connectivity index (χ2n) is 13.0. The van der Waals surface area contributed by atoms with Gasteiger partial charge in [0.05, 0.1) is 0 Å². The van der Waals surface area contributed by atoms with Crippen LogP contribution in [-0.2, 0) is 16.0 Å². The Balaban J connectivity index is 1.21. The number of carboxylic acids is 1. The molecule has 1 amide bonds. The van der Waals surface area contributed by atoms with Crippen LogP contribution in [0.1, 0.15) is 81.8 Å². The summed E-state index contributed by atoms with van der Waals surface area (Å²) >= 11 is 0. The quantitative estimate of drug-likeness (QED) is 0.334. The molecule has 1 aliphatic carbocycles. The van der Waals surface area contributed by atoms with E-state index in [0.717, 1.165) is 90.6 Å². The van der Waals surface area contributed by atoms with Crippen molar-refractivity contribution in [3.8, 4) is 0 Å². The molecule has 0 spiro atoms. The number of aliphatic carboxylic acids is 1. The van der Waals surface area contributed by atoms with Crippen molar-refractivity contribution in [1.29, 1.82) is 0 Å². The minimum Gasteiger partial charge on any atom is -0.480 e. The van der Waals surface area contributed by atoms with Gasteiger partial charge in [0.15, 0.2) is 0 Å². The van der Waals surface area contributed by atoms with Crippen molar-refractivity contribution < 1.29 is 14.7 Å². The Kier molecular flexibility index (Phi) is 11.1. The minimum atomic E-state index is -0.636. The van der Waals surface area contributed by atoms with Crippen molar-refractivity contribution in [2.45, 2.75) is 89.1 Å². The third-order valence-electron chi connectivity index (χ3n) is 10.2. The predicted molar refractivity (Wildman–Crippen MR) is 168 cm³/mol. The van der Waals surface area contributed by atoms with Crippen LogP contribution >= 0.6 is 0 Å². The van der Waals surface area contributed by atoms with Crippen LogP contribution in [0.5, 0.6) is 0 Å². The van der Waals surface area contributed by atoms with E-state index in [1.54, 1.807) is 0 Å². The van der Waals surface area contributed by atoms with Crippen molar-refractivity contribution in [2.75, 3.05) is 39.3 Å². The maximum Gasteiger partial charge on any atom is 0.321 e. The fourth-order valence-electron chi connectivity index (χ4n) is 8.04. The van der Waals surface area contributed by atoms with Crippen molar-refractivity contribution >= 4 is 11.9 Å². The second kappa shape index (κ2) is 15.2. The van der Waals surface area contributed by atoms with E-state index in [0.29, 0.717) is 24.3 Å². The molecule has 0 radical (unpaired) electrons. The van der Waals surface area contributed by atoms with Gasteiger partial charge in [-0.3, -0.25) is 14.5 Å². The summed E-state index contributed by atoms with van der Waals surface area (Å²) in [5.74, 6) is 0.686. The smallest absolute Gasteiger partial charge is 0.321 e. The maximum atomic E-state index is 13.3.